The van der Waals surface area contributed by atoms with Crippen LogP contribution in [0.5, 0.6) is 0 Å². The Hall–Kier alpha value is -1.87. The van der Waals surface area contributed by atoms with Crippen molar-refractivity contribution in [3.63, 3.8) is 0 Å². The molecule has 1 N–H and O–H groups in total. The van der Waals surface area contributed by atoms with E-state index in [1.165, 1.54) is 11.8 Å². The molecule has 7 nitrogen and oxygen atoms in total. The Labute approximate surface area is 150 Å². The van der Waals surface area contributed by atoms with Crippen LogP contribution in [0.1, 0.15) is 19.3 Å². The number of aliphatic imine (C=N–C) groups is 1. The van der Waals surface area contributed by atoms with E-state index in [0.717, 1.165) is 5.69 Å². The van der Waals surface area contributed by atoms with Crippen LogP contribution in [0.2, 0.25) is 0 Å². The van der Waals surface area contributed by atoms with Gasteiger partial charge in [-0.15, -0.1) is 0 Å². The summed E-state index contributed by atoms with van der Waals surface area (Å²) in [7, 11) is -3.09. The van der Waals surface area contributed by atoms with Crippen molar-refractivity contribution in [3.8, 4) is 0 Å². The fraction of sp³-hybridized carbons (Fsp3) is 0.438. The zero-order valence-electron chi connectivity index (χ0n) is 13.4. The molecular weight excluding hydrogens is 364 g/mol. The second-order valence-corrected chi connectivity index (χ2v) is 9.40. The summed E-state index contributed by atoms with van der Waals surface area (Å²) in [6.45, 7) is 0. The maximum atomic E-state index is 12.1. The van der Waals surface area contributed by atoms with Gasteiger partial charge in [-0.25, -0.2) is 8.42 Å². The minimum atomic E-state index is -3.09. The number of aliphatic carboxylic acids is 1. The molecular formula is C16H18N2O5S2. The van der Waals surface area contributed by atoms with Crippen LogP contribution >= 0.6 is 11.8 Å². The lowest BCUT2D eigenvalue weighted by molar-refractivity contribution is -0.137. The maximum Gasteiger partial charge on any atom is 0.303 e. The molecule has 2 aliphatic rings. The SMILES string of the molecule is O=C(O)CCCC(=O)N=C1S[C@H]2CS(=O)(=O)C[C@H]2N1c1ccccc1. The molecule has 0 spiro atoms. The molecule has 2 atom stereocenters. The van der Waals surface area contributed by atoms with Crippen LogP contribution < -0.4 is 4.90 Å². The van der Waals surface area contributed by atoms with Crippen LogP contribution in [0.3, 0.4) is 0 Å². The first-order chi connectivity index (χ1) is 11.9. The van der Waals surface area contributed by atoms with Crippen molar-refractivity contribution in [1.82, 2.24) is 0 Å². The molecule has 3 rings (SSSR count). The third kappa shape index (κ3) is 4.21. The summed E-state index contributed by atoms with van der Waals surface area (Å²) in [4.78, 5) is 28.6. The number of thioether (sulfide) groups is 1. The molecule has 0 bridgehead atoms. The molecule has 0 aromatic heterocycles. The normalized spacial score (nSPS) is 25.9. The number of hydrogen-bond acceptors (Lipinski definition) is 5. The number of carboxylic acid groups (broad SMARTS) is 1. The Morgan fingerprint density at radius 1 is 1.20 bits per heavy atom. The van der Waals surface area contributed by atoms with Crippen LogP contribution in [-0.2, 0) is 19.4 Å². The van der Waals surface area contributed by atoms with Gasteiger partial charge in [0.1, 0.15) is 0 Å². The summed E-state index contributed by atoms with van der Waals surface area (Å²) < 4.78 is 23.9. The van der Waals surface area contributed by atoms with Gasteiger partial charge < -0.3 is 10.0 Å². The summed E-state index contributed by atoms with van der Waals surface area (Å²) in [6, 6.07) is 9.05. The number of hydrogen-bond donors (Lipinski definition) is 1. The van der Waals surface area contributed by atoms with E-state index in [4.69, 9.17) is 5.11 Å². The third-order valence-corrected chi connectivity index (χ3v) is 7.31. The highest BCUT2D eigenvalue weighted by Gasteiger charge is 2.49. The monoisotopic (exact) mass is 382 g/mol. The minimum absolute atomic E-state index is 0.0474. The molecule has 0 radical (unpaired) electrons. The van der Waals surface area contributed by atoms with Gasteiger partial charge in [0.2, 0.25) is 5.91 Å². The first-order valence-electron chi connectivity index (χ1n) is 7.90. The second kappa shape index (κ2) is 7.17. The number of carbonyl (C=O) groups is 2. The van der Waals surface area contributed by atoms with Gasteiger partial charge >= 0.3 is 5.97 Å². The van der Waals surface area contributed by atoms with Gasteiger partial charge in [-0.3, -0.25) is 9.59 Å². The lowest BCUT2D eigenvalue weighted by Gasteiger charge is -2.24. The number of rotatable bonds is 5. The molecule has 0 aliphatic carbocycles. The molecule has 25 heavy (non-hydrogen) atoms. The van der Waals surface area contributed by atoms with E-state index >= 15 is 0 Å². The average Bonchev–Trinajstić information content (AvgIpc) is 2.98. The van der Waals surface area contributed by atoms with Crippen LogP contribution in [0.4, 0.5) is 5.69 Å². The lowest BCUT2D eigenvalue weighted by atomic mass is 10.2. The van der Waals surface area contributed by atoms with Crippen molar-refractivity contribution in [2.24, 2.45) is 4.99 Å². The number of nitrogens with zero attached hydrogens (tertiary/aromatic N) is 2. The Morgan fingerprint density at radius 3 is 2.60 bits per heavy atom. The van der Waals surface area contributed by atoms with E-state index in [1.54, 1.807) is 0 Å². The van der Waals surface area contributed by atoms with Crippen molar-refractivity contribution in [1.29, 1.82) is 0 Å². The quantitative estimate of drug-likeness (QED) is 0.824. The number of carboxylic acids is 1. The van der Waals surface area contributed by atoms with E-state index in [0.29, 0.717) is 5.17 Å². The molecule has 1 aromatic carbocycles. The third-order valence-electron chi connectivity index (χ3n) is 4.10. The number of benzene rings is 1. The number of fused-ring (bicyclic) bond motifs is 1. The molecule has 0 unspecified atom stereocenters. The van der Waals surface area contributed by atoms with Gasteiger partial charge in [-0.05, 0) is 18.6 Å². The van der Waals surface area contributed by atoms with Crippen molar-refractivity contribution >= 4 is 44.3 Å². The largest absolute Gasteiger partial charge is 0.481 e. The van der Waals surface area contributed by atoms with E-state index in [2.05, 4.69) is 4.99 Å². The fourth-order valence-electron chi connectivity index (χ4n) is 3.01. The molecule has 9 heteroatoms. The summed E-state index contributed by atoms with van der Waals surface area (Å²) in [5.74, 6) is -1.20. The van der Waals surface area contributed by atoms with E-state index in [1.807, 2.05) is 35.2 Å². The van der Waals surface area contributed by atoms with Gasteiger partial charge in [-0.2, -0.15) is 4.99 Å². The molecule has 1 amide bonds. The molecule has 1 aromatic rings. The van der Waals surface area contributed by atoms with Crippen molar-refractivity contribution in [2.75, 3.05) is 16.4 Å². The Balaban J connectivity index is 1.82. The number of amidine groups is 1. The topological polar surface area (TPSA) is 104 Å². The smallest absolute Gasteiger partial charge is 0.303 e. The number of carbonyl (C=O) groups excluding carboxylic acids is 1. The number of amides is 1. The first-order valence-corrected chi connectivity index (χ1v) is 10.6. The van der Waals surface area contributed by atoms with Gasteiger partial charge in [0.25, 0.3) is 0 Å². The zero-order valence-corrected chi connectivity index (χ0v) is 15.0. The van der Waals surface area contributed by atoms with Crippen LogP contribution in [0.25, 0.3) is 0 Å². The zero-order chi connectivity index (χ0) is 18.0. The Morgan fingerprint density at radius 2 is 1.92 bits per heavy atom. The summed E-state index contributed by atoms with van der Waals surface area (Å²) >= 11 is 1.31. The molecule has 2 aliphatic heterocycles. The second-order valence-electron chi connectivity index (χ2n) is 6.04. The fourth-order valence-corrected chi connectivity index (χ4v) is 6.94. The molecule has 0 saturated carbocycles. The highest BCUT2D eigenvalue weighted by molar-refractivity contribution is 8.16. The molecule has 134 valence electrons. The van der Waals surface area contributed by atoms with Crippen LogP contribution in [-0.4, -0.2) is 53.4 Å². The molecule has 2 saturated heterocycles. The van der Waals surface area contributed by atoms with Gasteiger partial charge in [0, 0.05) is 23.8 Å². The number of sulfone groups is 1. The Bertz CT molecular complexity index is 807. The average molecular weight is 382 g/mol. The Kier molecular flexibility index (Phi) is 5.14. The van der Waals surface area contributed by atoms with Crippen LogP contribution in [0, 0.1) is 0 Å². The summed E-state index contributed by atoms with van der Waals surface area (Å²) in [6.07, 6.45) is 0.227. The van der Waals surface area contributed by atoms with Gasteiger partial charge in [0.05, 0.1) is 17.5 Å². The van der Waals surface area contributed by atoms with Crippen LogP contribution in [0.15, 0.2) is 35.3 Å². The van der Waals surface area contributed by atoms with E-state index in [9.17, 15) is 18.0 Å². The first kappa shape index (κ1) is 17.9. The minimum Gasteiger partial charge on any atom is -0.481 e. The standard InChI is InChI=1S/C16H18N2O5S2/c19-14(7-4-8-15(20)21)17-16-18(11-5-2-1-3-6-11)12-9-25(22,23)10-13(12)24-16/h1-3,5-6,12-13H,4,7-10H2,(H,20,21)/t12-,13+/m1/s1. The van der Waals surface area contributed by atoms with Gasteiger partial charge in [0.15, 0.2) is 15.0 Å². The highest BCUT2D eigenvalue weighted by Crippen LogP contribution is 2.40. The number of para-hydroxylation sites is 1. The lowest BCUT2D eigenvalue weighted by Crippen LogP contribution is -2.37. The van der Waals surface area contributed by atoms with E-state index < -0.39 is 15.8 Å². The maximum absolute atomic E-state index is 12.1. The highest BCUT2D eigenvalue weighted by atomic mass is 32.2. The number of anilines is 1. The van der Waals surface area contributed by atoms with Crippen molar-refractivity contribution in [2.45, 2.75) is 30.6 Å². The predicted octanol–water partition coefficient (Wildman–Crippen LogP) is 1.54. The van der Waals surface area contributed by atoms with Gasteiger partial charge in [-0.1, -0.05) is 30.0 Å². The van der Waals surface area contributed by atoms with Crippen molar-refractivity contribution < 1.29 is 23.1 Å². The predicted molar refractivity (Wildman–Crippen MR) is 96.7 cm³/mol. The summed E-state index contributed by atoms with van der Waals surface area (Å²) in [5.41, 5.74) is 0.802. The molecule has 2 fully saturated rings. The van der Waals surface area contributed by atoms with Crippen molar-refractivity contribution in [3.05, 3.63) is 30.3 Å². The van der Waals surface area contributed by atoms with E-state index in [-0.39, 0.29) is 48.0 Å². The summed E-state index contributed by atoms with van der Waals surface area (Å²) in [5, 5.41) is 9.00. The molecule has 2 heterocycles.